The average Bonchev–Trinajstić information content (AvgIpc) is 3.00. The summed E-state index contributed by atoms with van der Waals surface area (Å²) >= 11 is 1.21. The van der Waals surface area contributed by atoms with Crippen molar-refractivity contribution >= 4 is 17.5 Å². The molecule has 0 atom stereocenters. The van der Waals surface area contributed by atoms with Gasteiger partial charge in [0.05, 0.1) is 7.11 Å². The van der Waals surface area contributed by atoms with Gasteiger partial charge in [-0.3, -0.25) is 0 Å². The fourth-order valence-corrected chi connectivity index (χ4v) is 3.00. The molecule has 0 saturated carbocycles. The van der Waals surface area contributed by atoms with Crippen LogP contribution in [0.5, 0.6) is 5.75 Å². The minimum absolute atomic E-state index is 0.0812. The van der Waals surface area contributed by atoms with Gasteiger partial charge >= 0.3 is 6.18 Å². The van der Waals surface area contributed by atoms with E-state index in [4.69, 9.17) is 4.74 Å². The zero-order chi connectivity index (χ0) is 16.4. The second-order valence-corrected chi connectivity index (χ2v) is 5.55. The van der Waals surface area contributed by atoms with Crippen LogP contribution in [0.15, 0.2) is 41.7 Å². The Morgan fingerprint density at radius 2 is 2.04 bits per heavy atom. The van der Waals surface area contributed by atoms with Crippen LogP contribution in [0.1, 0.15) is 11.3 Å². The van der Waals surface area contributed by atoms with Crippen molar-refractivity contribution in [2.24, 2.45) is 0 Å². The van der Waals surface area contributed by atoms with Crippen LogP contribution >= 0.6 is 11.8 Å². The minimum Gasteiger partial charge on any atom is -0.496 e. The molecule has 23 heavy (non-hydrogen) atoms. The van der Waals surface area contributed by atoms with Crippen LogP contribution in [0.3, 0.4) is 0 Å². The molecule has 0 aliphatic rings. The lowest BCUT2D eigenvalue weighted by atomic mass is 10.2. The predicted molar refractivity (Wildman–Crippen MR) is 78.3 cm³/mol. The fourth-order valence-electron chi connectivity index (χ4n) is 2.01. The highest BCUT2D eigenvalue weighted by molar-refractivity contribution is 7.98. The van der Waals surface area contributed by atoms with Gasteiger partial charge in [-0.15, -0.1) is 11.8 Å². The number of benzene rings is 1. The summed E-state index contributed by atoms with van der Waals surface area (Å²) in [4.78, 5) is 7.23. The van der Waals surface area contributed by atoms with Gasteiger partial charge < -0.3 is 4.74 Å². The SMILES string of the molecule is COc1ccccc1CSc1cc(C(F)(F)F)nc2ncnn12. The number of hydrogen-bond acceptors (Lipinski definition) is 5. The molecule has 9 heteroatoms. The Morgan fingerprint density at radius 3 is 2.78 bits per heavy atom. The summed E-state index contributed by atoms with van der Waals surface area (Å²) in [5.74, 6) is 1.03. The van der Waals surface area contributed by atoms with Crippen molar-refractivity contribution < 1.29 is 17.9 Å². The predicted octanol–water partition coefficient (Wildman–Crippen LogP) is 3.44. The normalized spacial score (nSPS) is 11.8. The van der Waals surface area contributed by atoms with E-state index in [0.29, 0.717) is 16.5 Å². The summed E-state index contributed by atoms with van der Waals surface area (Å²) in [6, 6.07) is 8.31. The third kappa shape index (κ3) is 3.24. The van der Waals surface area contributed by atoms with Gasteiger partial charge in [-0.2, -0.15) is 27.8 Å². The summed E-state index contributed by atoms with van der Waals surface area (Å²) in [5, 5.41) is 4.23. The van der Waals surface area contributed by atoms with E-state index in [9.17, 15) is 13.2 Å². The van der Waals surface area contributed by atoms with E-state index in [2.05, 4.69) is 15.1 Å². The molecule has 0 amide bonds. The Kier molecular flexibility index (Phi) is 4.12. The topological polar surface area (TPSA) is 52.3 Å². The lowest BCUT2D eigenvalue weighted by Crippen LogP contribution is -2.10. The zero-order valence-corrected chi connectivity index (χ0v) is 12.7. The molecule has 1 aromatic carbocycles. The van der Waals surface area contributed by atoms with Crippen molar-refractivity contribution in [3.8, 4) is 5.75 Å². The second kappa shape index (κ2) is 6.07. The zero-order valence-electron chi connectivity index (χ0n) is 11.9. The van der Waals surface area contributed by atoms with Gasteiger partial charge in [0, 0.05) is 17.4 Å². The first-order valence-corrected chi connectivity index (χ1v) is 7.50. The molecule has 2 heterocycles. The Morgan fingerprint density at radius 1 is 1.26 bits per heavy atom. The molecule has 3 rings (SSSR count). The van der Waals surface area contributed by atoms with Crippen LogP contribution in [0.4, 0.5) is 13.2 Å². The highest BCUT2D eigenvalue weighted by Crippen LogP contribution is 2.33. The van der Waals surface area contributed by atoms with Crippen LogP contribution < -0.4 is 4.74 Å². The number of thioether (sulfide) groups is 1. The third-order valence-electron chi connectivity index (χ3n) is 3.08. The van der Waals surface area contributed by atoms with Crippen molar-refractivity contribution in [3.05, 3.63) is 47.9 Å². The van der Waals surface area contributed by atoms with Crippen LogP contribution in [-0.2, 0) is 11.9 Å². The van der Waals surface area contributed by atoms with E-state index in [1.807, 2.05) is 18.2 Å². The number of hydrogen-bond donors (Lipinski definition) is 0. The Labute approximate surface area is 133 Å². The maximum atomic E-state index is 12.9. The summed E-state index contributed by atoms with van der Waals surface area (Å²) in [6.45, 7) is 0. The van der Waals surface area contributed by atoms with E-state index >= 15 is 0 Å². The molecule has 3 aromatic rings. The highest BCUT2D eigenvalue weighted by atomic mass is 32.2. The summed E-state index contributed by atoms with van der Waals surface area (Å²) < 4.78 is 45.3. The standard InChI is InChI=1S/C14H11F3N4OS/c1-22-10-5-3-2-4-9(10)7-23-12-6-11(14(15,16)17)20-13-18-8-19-21(12)13/h2-6,8H,7H2,1H3. The Bertz CT molecular complexity index is 834. The second-order valence-electron chi connectivity index (χ2n) is 4.55. The highest BCUT2D eigenvalue weighted by Gasteiger charge is 2.34. The molecule has 0 fully saturated rings. The first kappa shape index (κ1) is 15.6. The van der Waals surface area contributed by atoms with Crippen molar-refractivity contribution in [2.75, 3.05) is 7.11 Å². The van der Waals surface area contributed by atoms with Crippen LogP contribution in [-0.4, -0.2) is 26.7 Å². The van der Waals surface area contributed by atoms with E-state index in [0.717, 1.165) is 11.6 Å². The quantitative estimate of drug-likeness (QED) is 0.538. The molecule has 0 aliphatic carbocycles. The lowest BCUT2D eigenvalue weighted by molar-refractivity contribution is -0.141. The third-order valence-corrected chi connectivity index (χ3v) is 4.12. The van der Waals surface area contributed by atoms with Crippen molar-refractivity contribution in [1.29, 1.82) is 0 Å². The van der Waals surface area contributed by atoms with Crippen LogP contribution in [0.2, 0.25) is 0 Å². The van der Waals surface area contributed by atoms with Gasteiger partial charge in [-0.05, 0) is 6.07 Å². The molecule has 0 spiro atoms. The van der Waals surface area contributed by atoms with E-state index in [1.165, 1.54) is 22.6 Å². The molecule has 120 valence electrons. The first-order valence-electron chi connectivity index (χ1n) is 6.51. The van der Waals surface area contributed by atoms with Gasteiger partial charge in [0.15, 0.2) is 5.69 Å². The molecule has 2 aromatic heterocycles. The number of rotatable bonds is 4. The monoisotopic (exact) mass is 340 g/mol. The number of halogens is 3. The van der Waals surface area contributed by atoms with E-state index < -0.39 is 11.9 Å². The number of methoxy groups -OCH3 is 1. The Hall–Kier alpha value is -2.29. The van der Waals surface area contributed by atoms with Gasteiger partial charge in [0.1, 0.15) is 17.1 Å². The molecule has 0 bridgehead atoms. The maximum absolute atomic E-state index is 12.9. The van der Waals surface area contributed by atoms with Gasteiger partial charge in [0.2, 0.25) is 0 Å². The smallest absolute Gasteiger partial charge is 0.433 e. The average molecular weight is 340 g/mol. The van der Waals surface area contributed by atoms with Crippen LogP contribution in [0, 0.1) is 0 Å². The van der Waals surface area contributed by atoms with Gasteiger partial charge in [-0.1, -0.05) is 18.2 Å². The van der Waals surface area contributed by atoms with E-state index in [1.54, 1.807) is 13.2 Å². The first-order chi connectivity index (χ1) is 11.0. The number of fused-ring (bicyclic) bond motifs is 1. The lowest BCUT2D eigenvalue weighted by Gasteiger charge is -2.10. The summed E-state index contributed by atoms with van der Waals surface area (Å²) in [5.41, 5.74) is -0.112. The molecule has 0 radical (unpaired) electrons. The number of ether oxygens (including phenoxy) is 1. The molecule has 0 N–H and O–H groups in total. The van der Waals surface area contributed by atoms with Crippen molar-refractivity contribution in [3.63, 3.8) is 0 Å². The number of para-hydroxylation sites is 1. The molecule has 0 aliphatic heterocycles. The van der Waals surface area contributed by atoms with E-state index in [-0.39, 0.29) is 5.78 Å². The maximum Gasteiger partial charge on any atom is 0.433 e. The molecular formula is C14H11F3N4OS. The largest absolute Gasteiger partial charge is 0.496 e. The minimum atomic E-state index is -4.53. The summed E-state index contributed by atoms with van der Waals surface area (Å²) in [6.07, 6.45) is -3.36. The van der Waals surface area contributed by atoms with Crippen molar-refractivity contribution in [2.45, 2.75) is 17.0 Å². The van der Waals surface area contributed by atoms with Gasteiger partial charge in [0.25, 0.3) is 5.78 Å². The number of alkyl halides is 3. The molecule has 0 unspecified atom stereocenters. The Balaban J connectivity index is 1.94. The number of nitrogens with zero attached hydrogens (tertiary/aromatic N) is 4. The summed E-state index contributed by atoms with van der Waals surface area (Å²) in [7, 11) is 1.55. The molecule has 0 saturated heterocycles. The number of aromatic nitrogens is 4. The fraction of sp³-hybridized carbons (Fsp3) is 0.214. The van der Waals surface area contributed by atoms with Gasteiger partial charge in [-0.25, -0.2) is 4.98 Å². The van der Waals surface area contributed by atoms with Crippen molar-refractivity contribution in [1.82, 2.24) is 19.6 Å². The van der Waals surface area contributed by atoms with Crippen LogP contribution in [0.25, 0.3) is 5.78 Å². The molecular weight excluding hydrogens is 329 g/mol. The molecule has 5 nitrogen and oxygen atoms in total.